The van der Waals surface area contributed by atoms with E-state index in [9.17, 15) is 4.79 Å². The van der Waals surface area contributed by atoms with E-state index in [2.05, 4.69) is 56.6 Å². The molecule has 0 aromatic carbocycles. The van der Waals surface area contributed by atoms with Crippen molar-refractivity contribution in [3.63, 3.8) is 0 Å². The van der Waals surface area contributed by atoms with Gasteiger partial charge in [0.15, 0.2) is 11.5 Å². The minimum atomic E-state index is -0.252. The molecule has 4 aromatic heterocycles. The van der Waals surface area contributed by atoms with Crippen LogP contribution in [0.2, 0.25) is 0 Å². The molecule has 3 N–H and O–H groups in total. The molecule has 4 heterocycles. The number of amidine groups is 1. The molecule has 0 saturated heterocycles. The lowest BCUT2D eigenvalue weighted by Gasteiger charge is -2.23. The Kier molecular flexibility index (Phi) is 7.83. The number of aliphatic imine (C=N–C) groups is 1. The van der Waals surface area contributed by atoms with Gasteiger partial charge >= 0.3 is 0 Å². The molecular weight excluding hydrogens is 498 g/mol. The molecule has 196 valence electrons. The van der Waals surface area contributed by atoms with Crippen molar-refractivity contribution in [1.82, 2.24) is 24.7 Å². The first-order valence-electron chi connectivity index (χ1n) is 12.9. The lowest BCUT2D eigenvalue weighted by Crippen LogP contribution is -2.29. The molecule has 1 aliphatic carbocycles. The van der Waals surface area contributed by atoms with Gasteiger partial charge in [-0.05, 0) is 44.4 Å². The third kappa shape index (κ3) is 5.47. The van der Waals surface area contributed by atoms with Crippen molar-refractivity contribution in [2.45, 2.75) is 58.4 Å². The highest BCUT2D eigenvalue weighted by atomic mass is 32.1. The normalized spacial score (nSPS) is 15.2. The van der Waals surface area contributed by atoms with E-state index in [1.165, 1.54) is 4.88 Å². The van der Waals surface area contributed by atoms with Crippen LogP contribution in [0.1, 0.15) is 72.4 Å². The molecule has 1 unspecified atom stereocenters. The number of pyridine rings is 1. The molecule has 0 radical (unpaired) electrons. The molecule has 0 bridgehead atoms. The van der Waals surface area contributed by atoms with Gasteiger partial charge in [-0.25, -0.2) is 9.98 Å². The summed E-state index contributed by atoms with van der Waals surface area (Å²) in [6.45, 7) is 4.19. The minimum absolute atomic E-state index is 0.198. The lowest BCUT2D eigenvalue weighted by atomic mass is 9.84. The van der Waals surface area contributed by atoms with Gasteiger partial charge in [0.05, 0.1) is 40.3 Å². The number of thiophene rings is 1. The number of unbranched alkanes of at least 4 members (excludes halogenated alkanes) is 1. The maximum atomic E-state index is 13.7. The molecule has 38 heavy (non-hydrogen) atoms. The highest BCUT2D eigenvalue weighted by molar-refractivity contribution is 7.15. The number of amides is 1. The Labute approximate surface area is 225 Å². The second-order valence-electron chi connectivity index (χ2n) is 9.47. The Morgan fingerprint density at radius 3 is 2.79 bits per heavy atom. The van der Waals surface area contributed by atoms with Crippen molar-refractivity contribution >= 4 is 34.4 Å². The molecule has 0 aliphatic heterocycles. The topological polar surface area (TPSA) is 135 Å². The molecular formula is C27H31N9OS. The third-order valence-corrected chi connectivity index (χ3v) is 7.82. The summed E-state index contributed by atoms with van der Waals surface area (Å²) in [6, 6.07) is 5.65. The van der Waals surface area contributed by atoms with E-state index < -0.39 is 0 Å². The van der Waals surface area contributed by atoms with Gasteiger partial charge in [-0.2, -0.15) is 0 Å². The quantitative estimate of drug-likeness (QED) is 0.0904. The number of hydrogen-bond donors (Lipinski definition) is 2. The van der Waals surface area contributed by atoms with Gasteiger partial charge in [0.1, 0.15) is 5.69 Å². The molecule has 1 saturated carbocycles. The molecule has 1 atom stereocenters. The van der Waals surface area contributed by atoms with Gasteiger partial charge in [0.25, 0.3) is 5.91 Å². The first-order valence-corrected chi connectivity index (χ1v) is 13.7. The average molecular weight is 530 g/mol. The Hall–Kier alpha value is -3.99. The van der Waals surface area contributed by atoms with Crippen LogP contribution in [0, 0.1) is 12.8 Å². The molecule has 0 spiro atoms. The van der Waals surface area contributed by atoms with Crippen molar-refractivity contribution in [3.8, 4) is 10.6 Å². The van der Waals surface area contributed by atoms with Crippen molar-refractivity contribution in [2.75, 3.05) is 0 Å². The fourth-order valence-electron chi connectivity index (χ4n) is 4.51. The Morgan fingerprint density at radius 2 is 2.13 bits per heavy atom. The number of aromatic nitrogens is 4. The van der Waals surface area contributed by atoms with Gasteiger partial charge < -0.3 is 11.2 Å². The zero-order valence-electron chi connectivity index (χ0n) is 21.5. The minimum Gasteiger partial charge on any atom is -0.344 e. The largest absolute Gasteiger partial charge is 0.344 e. The van der Waals surface area contributed by atoms with Gasteiger partial charge in [-0.1, -0.05) is 31.4 Å². The number of hydrogen-bond acceptors (Lipinski definition) is 7. The summed E-state index contributed by atoms with van der Waals surface area (Å²) in [5.74, 6) is 5.95. The van der Waals surface area contributed by atoms with E-state index in [0.717, 1.165) is 54.8 Å². The maximum absolute atomic E-state index is 13.7. The van der Waals surface area contributed by atoms with Crippen molar-refractivity contribution < 1.29 is 4.79 Å². The van der Waals surface area contributed by atoms with Crippen LogP contribution in [0.3, 0.4) is 0 Å². The van der Waals surface area contributed by atoms with E-state index >= 15 is 0 Å². The Balaban J connectivity index is 1.58. The number of fused-ring (bicyclic) bond motifs is 1. The fourth-order valence-corrected chi connectivity index (χ4v) is 5.38. The molecule has 1 amide bonds. The average Bonchev–Trinajstić information content (AvgIpc) is 3.52. The van der Waals surface area contributed by atoms with E-state index in [-0.39, 0.29) is 17.9 Å². The molecule has 1 aliphatic rings. The number of aryl methyl sites for hydroxylation is 1. The monoisotopic (exact) mass is 529 g/mol. The summed E-state index contributed by atoms with van der Waals surface area (Å²) in [4.78, 5) is 34.1. The van der Waals surface area contributed by atoms with E-state index in [1.54, 1.807) is 36.0 Å². The van der Waals surface area contributed by atoms with Crippen molar-refractivity contribution in [1.29, 1.82) is 0 Å². The maximum Gasteiger partial charge on any atom is 0.253 e. The van der Waals surface area contributed by atoms with Gasteiger partial charge in [-0.3, -0.25) is 19.2 Å². The van der Waals surface area contributed by atoms with Gasteiger partial charge in [0.2, 0.25) is 0 Å². The first kappa shape index (κ1) is 25.7. The third-order valence-electron chi connectivity index (χ3n) is 6.80. The van der Waals surface area contributed by atoms with Crippen molar-refractivity contribution in [2.24, 2.45) is 27.1 Å². The fraction of sp³-hybridized carbons (Fsp3) is 0.370. The number of rotatable bonds is 9. The number of nitrogens with two attached hydrogens (primary N) is 1. The van der Waals surface area contributed by atoms with Gasteiger partial charge in [0, 0.05) is 29.4 Å². The molecule has 10 nitrogen and oxygen atoms in total. The number of nitrogens with one attached hydrogen (secondary N) is 1. The number of imidazole rings is 1. The summed E-state index contributed by atoms with van der Waals surface area (Å²) >= 11 is 1.67. The highest BCUT2D eigenvalue weighted by Crippen LogP contribution is 2.34. The van der Waals surface area contributed by atoms with Crippen LogP contribution < -0.4 is 11.2 Å². The summed E-state index contributed by atoms with van der Waals surface area (Å²) in [7, 11) is 0. The summed E-state index contributed by atoms with van der Waals surface area (Å²) < 4.78 is 1.93. The zero-order valence-corrected chi connectivity index (χ0v) is 22.4. The van der Waals surface area contributed by atoms with Crippen molar-refractivity contribution in [3.05, 3.63) is 65.3 Å². The summed E-state index contributed by atoms with van der Waals surface area (Å²) in [5, 5.41) is 10.8. The molecule has 4 aromatic rings. The SMILES string of the molecule is CCCCC(NC(=O)c1cc(N=C(N=NN)C2CCC2)c2ncc(-c3ccc(C)s3)n2c1)c1cnccn1. The second kappa shape index (κ2) is 11.6. The number of carbonyl (C=O) groups is 1. The van der Waals surface area contributed by atoms with Crippen LogP contribution in [-0.4, -0.2) is 31.1 Å². The molecule has 1 fully saturated rings. The second-order valence-corrected chi connectivity index (χ2v) is 10.8. The van der Waals surface area contributed by atoms with Gasteiger partial charge in [-0.15, -0.1) is 16.5 Å². The Bertz CT molecular complexity index is 1470. The van der Waals surface area contributed by atoms with Crippen LogP contribution in [-0.2, 0) is 0 Å². The van der Waals surface area contributed by atoms with Crippen LogP contribution in [0.4, 0.5) is 5.69 Å². The molecule has 5 rings (SSSR count). The molecule has 11 heteroatoms. The highest BCUT2D eigenvalue weighted by Gasteiger charge is 2.25. The number of nitrogens with zero attached hydrogens (tertiary/aromatic N) is 7. The Morgan fingerprint density at radius 1 is 1.26 bits per heavy atom. The number of carbonyl (C=O) groups excluding carboxylic acids is 1. The predicted octanol–water partition coefficient (Wildman–Crippen LogP) is 5.98. The zero-order chi connectivity index (χ0) is 26.5. The van der Waals surface area contributed by atoms with E-state index in [1.807, 2.05) is 16.8 Å². The van der Waals surface area contributed by atoms with Crippen LogP contribution in [0.5, 0.6) is 0 Å². The summed E-state index contributed by atoms with van der Waals surface area (Å²) in [6.07, 6.45) is 14.4. The predicted molar refractivity (Wildman–Crippen MR) is 148 cm³/mol. The smallest absolute Gasteiger partial charge is 0.253 e. The standard InChI is InChI=1S/C27H31N9OS/c1-3-4-8-20(22-14-29-11-12-30-22)33-27(37)19-13-21(32-25(34-35-28)18-6-5-7-18)26-31-15-23(36(26)16-19)24-10-9-17(2)38-24/h9-16,18,20H,3-8H2,1-2H3,(H,33,37)(H2,28,32,34). The lowest BCUT2D eigenvalue weighted by molar-refractivity contribution is 0.0932. The van der Waals surface area contributed by atoms with E-state index in [4.69, 9.17) is 10.8 Å². The summed E-state index contributed by atoms with van der Waals surface area (Å²) in [5.41, 5.74) is 3.29. The van der Waals surface area contributed by atoms with Crippen LogP contribution in [0.15, 0.2) is 64.5 Å². The van der Waals surface area contributed by atoms with E-state index in [0.29, 0.717) is 22.7 Å². The van der Waals surface area contributed by atoms with Crippen LogP contribution >= 0.6 is 11.3 Å². The van der Waals surface area contributed by atoms with Crippen LogP contribution in [0.25, 0.3) is 16.2 Å². The first-order chi connectivity index (χ1) is 18.6.